The van der Waals surface area contributed by atoms with Gasteiger partial charge in [-0.25, -0.2) is 9.18 Å². The average Bonchev–Trinajstić information content (AvgIpc) is 2.91. The smallest absolute Gasteiger partial charge is 0.337 e. The quantitative estimate of drug-likeness (QED) is 0.468. The van der Waals surface area contributed by atoms with Gasteiger partial charge < -0.3 is 24.3 Å². The maximum Gasteiger partial charge on any atom is 0.337 e. The summed E-state index contributed by atoms with van der Waals surface area (Å²) < 4.78 is 24.8. The summed E-state index contributed by atoms with van der Waals surface area (Å²) in [6.07, 6.45) is 1.55. The number of rotatable bonds is 8. The zero-order chi connectivity index (χ0) is 26.4. The fraction of sp³-hybridized carbons (Fsp3) is 0.296. The minimum absolute atomic E-state index is 0.0275. The van der Waals surface area contributed by atoms with E-state index in [2.05, 4.69) is 19.9 Å². The monoisotopic (exact) mass is 508 g/mol. The van der Waals surface area contributed by atoms with Crippen molar-refractivity contribution in [2.75, 3.05) is 50.6 Å². The molecule has 0 bridgehead atoms. The Bertz CT molecular complexity index is 1300. The SMILES string of the molecule is COC(=O)c1ccc(NC(=O)Cn2cc(OC)c(=O)cc2CN2CCN(c3ccc(F)cc3)CC2)cc1. The highest BCUT2D eigenvalue weighted by atomic mass is 19.1. The van der Waals surface area contributed by atoms with E-state index in [0.717, 1.165) is 31.9 Å². The molecule has 1 aliphatic heterocycles. The molecule has 0 spiro atoms. The van der Waals surface area contributed by atoms with Gasteiger partial charge in [0.05, 0.1) is 26.0 Å². The summed E-state index contributed by atoms with van der Waals surface area (Å²) in [6, 6.07) is 14.3. The minimum Gasteiger partial charge on any atom is -0.491 e. The Labute approximate surface area is 214 Å². The van der Waals surface area contributed by atoms with Crippen molar-refractivity contribution in [3.05, 3.63) is 88.1 Å². The lowest BCUT2D eigenvalue weighted by Crippen LogP contribution is -2.46. The van der Waals surface area contributed by atoms with E-state index in [9.17, 15) is 18.8 Å². The third kappa shape index (κ3) is 6.53. The molecular formula is C27H29FN4O5. The van der Waals surface area contributed by atoms with Crippen molar-refractivity contribution in [3.63, 3.8) is 0 Å². The van der Waals surface area contributed by atoms with Crippen LogP contribution in [-0.4, -0.2) is 61.7 Å². The van der Waals surface area contributed by atoms with Gasteiger partial charge in [0.2, 0.25) is 11.3 Å². The van der Waals surface area contributed by atoms with E-state index in [0.29, 0.717) is 23.5 Å². The molecule has 1 fully saturated rings. The second kappa shape index (κ2) is 11.7. The third-order valence-corrected chi connectivity index (χ3v) is 6.26. The van der Waals surface area contributed by atoms with Crippen LogP contribution in [0.5, 0.6) is 5.75 Å². The number of esters is 1. The normalized spacial score (nSPS) is 13.8. The number of benzene rings is 2. The molecule has 1 saturated heterocycles. The van der Waals surface area contributed by atoms with Gasteiger partial charge >= 0.3 is 5.97 Å². The number of hydrogen-bond donors (Lipinski definition) is 1. The van der Waals surface area contributed by atoms with Gasteiger partial charge in [0.25, 0.3) is 0 Å². The fourth-order valence-electron chi connectivity index (χ4n) is 4.24. The molecular weight excluding hydrogens is 479 g/mol. The molecule has 0 radical (unpaired) electrons. The number of amides is 1. The van der Waals surface area contributed by atoms with Gasteiger partial charge in [-0.2, -0.15) is 0 Å². The molecule has 2 aromatic carbocycles. The summed E-state index contributed by atoms with van der Waals surface area (Å²) in [5.74, 6) is -0.859. The lowest BCUT2D eigenvalue weighted by atomic mass is 10.2. The molecule has 194 valence electrons. The van der Waals surface area contributed by atoms with E-state index >= 15 is 0 Å². The maximum absolute atomic E-state index is 13.2. The Morgan fingerprint density at radius 3 is 2.27 bits per heavy atom. The predicted molar refractivity (Wildman–Crippen MR) is 138 cm³/mol. The molecule has 0 unspecified atom stereocenters. The van der Waals surface area contributed by atoms with Gasteiger partial charge in [0.15, 0.2) is 5.75 Å². The number of ether oxygens (including phenoxy) is 2. The summed E-state index contributed by atoms with van der Waals surface area (Å²) in [4.78, 5) is 41.3. The zero-order valence-electron chi connectivity index (χ0n) is 20.8. The van der Waals surface area contributed by atoms with E-state index in [-0.39, 0.29) is 29.4 Å². The van der Waals surface area contributed by atoms with Crippen molar-refractivity contribution < 1.29 is 23.5 Å². The van der Waals surface area contributed by atoms with E-state index < -0.39 is 5.97 Å². The Hall–Kier alpha value is -4.18. The summed E-state index contributed by atoms with van der Waals surface area (Å²) >= 11 is 0. The van der Waals surface area contributed by atoms with Crippen molar-refractivity contribution >= 4 is 23.3 Å². The first-order valence-electron chi connectivity index (χ1n) is 11.8. The van der Waals surface area contributed by atoms with E-state index in [1.54, 1.807) is 47.2 Å². The Morgan fingerprint density at radius 2 is 1.65 bits per heavy atom. The van der Waals surface area contributed by atoms with Crippen LogP contribution in [0.15, 0.2) is 65.6 Å². The molecule has 0 saturated carbocycles. The van der Waals surface area contributed by atoms with E-state index in [1.165, 1.54) is 32.4 Å². The number of halogens is 1. The summed E-state index contributed by atoms with van der Waals surface area (Å²) in [7, 11) is 2.72. The Kier molecular flexibility index (Phi) is 8.19. The number of nitrogens with zero attached hydrogens (tertiary/aromatic N) is 3. The molecule has 1 amide bonds. The lowest BCUT2D eigenvalue weighted by molar-refractivity contribution is -0.116. The molecule has 3 aromatic rings. The van der Waals surface area contributed by atoms with Gasteiger partial charge in [-0.15, -0.1) is 0 Å². The number of pyridine rings is 1. The van der Waals surface area contributed by atoms with Crippen LogP contribution < -0.4 is 20.4 Å². The minimum atomic E-state index is -0.457. The Morgan fingerprint density at radius 1 is 0.973 bits per heavy atom. The van der Waals surface area contributed by atoms with Crippen molar-refractivity contribution in [1.82, 2.24) is 9.47 Å². The number of nitrogens with one attached hydrogen (secondary N) is 1. The van der Waals surface area contributed by atoms with Crippen molar-refractivity contribution in [1.29, 1.82) is 0 Å². The second-order valence-electron chi connectivity index (χ2n) is 8.68. The van der Waals surface area contributed by atoms with Crippen LogP contribution in [0.25, 0.3) is 0 Å². The number of anilines is 2. The van der Waals surface area contributed by atoms with Crippen LogP contribution in [0.1, 0.15) is 16.1 Å². The number of carbonyl (C=O) groups is 2. The molecule has 1 N–H and O–H groups in total. The van der Waals surface area contributed by atoms with Crippen LogP contribution in [0.2, 0.25) is 0 Å². The van der Waals surface area contributed by atoms with Gasteiger partial charge in [0.1, 0.15) is 12.4 Å². The van der Waals surface area contributed by atoms with Gasteiger partial charge in [-0.3, -0.25) is 14.5 Å². The molecule has 9 nitrogen and oxygen atoms in total. The topological polar surface area (TPSA) is 93.1 Å². The number of piperazine rings is 1. The molecule has 10 heteroatoms. The largest absolute Gasteiger partial charge is 0.491 e. The van der Waals surface area contributed by atoms with Gasteiger partial charge in [-0.05, 0) is 48.5 Å². The molecule has 2 heterocycles. The van der Waals surface area contributed by atoms with Gasteiger partial charge in [0, 0.05) is 55.9 Å². The first kappa shape index (κ1) is 25.9. The second-order valence-corrected chi connectivity index (χ2v) is 8.68. The van der Waals surface area contributed by atoms with Crippen LogP contribution in [0.4, 0.5) is 15.8 Å². The third-order valence-electron chi connectivity index (χ3n) is 6.26. The molecule has 37 heavy (non-hydrogen) atoms. The lowest BCUT2D eigenvalue weighted by Gasteiger charge is -2.36. The van der Waals surface area contributed by atoms with Crippen molar-refractivity contribution in [2.24, 2.45) is 0 Å². The van der Waals surface area contributed by atoms with Crippen LogP contribution in [0.3, 0.4) is 0 Å². The fourth-order valence-corrected chi connectivity index (χ4v) is 4.24. The predicted octanol–water partition coefficient (Wildman–Crippen LogP) is 2.74. The average molecular weight is 509 g/mol. The van der Waals surface area contributed by atoms with Crippen LogP contribution >= 0.6 is 0 Å². The highest BCUT2D eigenvalue weighted by Crippen LogP contribution is 2.18. The number of carbonyl (C=O) groups excluding carboxylic acids is 2. The van der Waals surface area contributed by atoms with Crippen LogP contribution in [0, 0.1) is 5.82 Å². The highest BCUT2D eigenvalue weighted by Gasteiger charge is 2.20. The summed E-state index contributed by atoms with van der Waals surface area (Å²) in [6.45, 7) is 3.46. The standard InChI is InChI=1S/C27H29FN4O5/c1-36-25-17-32(18-26(34)29-21-7-3-19(4-8-21)27(35)37-2)23(15-24(25)33)16-30-11-13-31(14-12-30)22-9-5-20(28)6-10-22/h3-10,15,17H,11-14,16,18H2,1-2H3,(H,29,34). The molecule has 1 aliphatic rings. The van der Waals surface area contributed by atoms with Crippen molar-refractivity contribution in [2.45, 2.75) is 13.1 Å². The Balaban J connectivity index is 1.42. The number of hydrogen-bond acceptors (Lipinski definition) is 7. The first-order chi connectivity index (χ1) is 17.9. The molecule has 1 aromatic heterocycles. The highest BCUT2D eigenvalue weighted by molar-refractivity contribution is 5.93. The van der Waals surface area contributed by atoms with Crippen LogP contribution in [-0.2, 0) is 22.6 Å². The van der Waals surface area contributed by atoms with E-state index in [4.69, 9.17) is 4.74 Å². The summed E-state index contributed by atoms with van der Waals surface area (Å²) in [5, 5.41) is 2.81. The van der Waals surface area contributed by atoms with E-state index in [1.807, 2.05) is 0 Å². The number of methoxy groups -OCH3 is 2. The maximum atomic E-state index is 13.2. The molecule has 4 rings (SSSR count). The molecule has 0 aliphatic carbocycles. The molecule has 0 atom stereocenters. The van der Waals surface area contributed by atoms with Crippen molar-refractivity contribution in [3.8, 4) is 5.75 Å². The summed E-state index contributed by atoms with van der Waals surface area (Å²) in [5.41, 5.74) is 2.32. The number of aromatic nitrogens is 1. The zero-order valence-corrected chi connectivity index (χ0v) is 20.8. The van der Waals surface area contributed by atoms with Gasteiger partial charge in [-0.1, -0.05) is 0 Å². The first-order valence-corrected chi connectivity index (χ1v) is 11.8.